The fourth-order valence-corrected chi connectivity index (χ4v) is 3.90. The Balaban J connectivity index is 2.41. The molecule has 5 nitrogen and oxygen atoms in total. The van der Waals surface area contributed by atoms with Crippen molar-refractivity contribution in [3.63, 3.8) is 0 Å². The minimum absolute atomic E-state index is 0.00875. The summed E-state index contributed by atoms with van der Waals surface area (Å²) in [5.41, 5.74) is 2.58. The summed E-state index contributed by atoms with van der Waals surface area (Å²) >= 11 is 5.47. The predicted molar refractivity (Wildman–Crippen MR) is 84.9 cm³/mol. The third-order valence-corrected chi connectivity index (χ3v) is 6.19. The number of benzene rings is 1. The van der Waals surface area contributed by atoms with Gasteiger partial charge in [-0.1, -0.05) is 0 Å². The van der Waals surface area contributed by atoms with Crippen molar-refractivity contribution in [2.45, 2.75) is 25.9 Å². The van der Waals surface area contributed by atoms with E-state index in [0.717, 1.165) is 11.1 Å². The lowest BCUT2D eigenvalue weighted by Crippen LogP contribution is -2.21. The Morgan fingerprint density at radius 2 is 1.57 bits per heavy atom. The molecule has 0 saturated heterocycles. The maximum atomic E-state index is 12.4. The van der Waals surface area contributed by atoms with Gasteiger partial charge in [-0.25, -0.2) is 8.42 Å². The van der Waals surface area contributed by atoms with Crippen LogP contribution in [0.2, 0.25) is 0 Å². The average Bonchev–Trinajstić information content (AvgIpc) is 2.85. The molecule has 0 bridgehead atoms. The van der Waals surface area contributed by atoms with Gasteiger partial charge < -0.3 is 4.42 Å². The highest BCUT2D eigenvalue weighted by atomic mass is 35.5. The van der Waals surface area contributed by atoms with Crippen LogP contribution < -0.4 is 0 Å². The molecule has 1 aliphatic rings. The number of rotatable bonds is 2. The summed E-state index contributed by atoms with van der Waals surface area (Å²) in [6.45, 7) is 5.14. The van der Waals surface area contributed by atoms with Crippen molar-refractivity contribution in [2.24, 2.45) is 0 Å². The molecule has 0 spiro atoms. The third kappa shape index (κ3) is 2.16. The third-order valence-electron chi connectivity index (χ3n) is 4.09. The Hall–Kier alpha value is -1.92. The second-order valence-electron chi connectivity index (χ2n) is 5.58. The number of aryl methyl sites for hydroxylation is 2. The molecule has 0 aliphatic heterocycles. The topological polar surface area (TPSA) is 81.4 Å². The highest BCUT2D eigenvalue weighted by Crippen LogP contribution is 2.41. The largest absolute Gasteiger partial charge is 0.444 e. The number of ketones is 2. The first-order chi connectivity index (χ1) is 10.7. The van der Waals surface area contributed by atoms with Crippen molar-refractivity contribution in [3.8, 4) is 11.3 Å². The predicted octanol–water partition coefficient (Wildman–Crippen LogP) is 3.22. The fourth-order valence-electron chi connectivity index (χ4n) is 2.73. The average molecular weight is 353 g/mol. The lowest BCUT2D eigenvalue weighted by atomic mass is 9.85. The number of halogens is 1. The number of Topliss-reactive ketones (excluding diaryl/α,β-unsaturated/α-hetero) is 2. The number of hydrogen-bond acceptors (Lipinski definition) is 5. The summed E-state index contributed by atoms with van der Waals surface area (Å²) in [5, 5.41) is -1.02. The van der Waals surface area contributed by atoms with Crippen LogP contribution in [0, 0.1) is 20.8 Å². The number of carbonyl (C=O) groups is 2. The molecule has 0 fully saturated rings. The van der Waals surface area contributed by atoms with Gasteiger partial charge in [-0.3, -0.25) is 9.59 Å². The van der Waals surface area contributed by atoms with Gasteiger partial charge in [0.25, 0.3) is 0 Å². The molecular formula is C16H13ClO5S. The minimum atomic E-state index is -3.85. The van der Waals surface area contributed by atoms with Gasteiger partial charge in [-0.15, -0.1) is 11.6 Å². The van der Waals surface area contributed by atoms with E-state index in [1.165, 1.54) is 6.92 Å². The lowest BCUT2D eigenvalue weighted by molar-refractivity contribution is 0.0814. The van der Waals surface area contributed by atoms with E-state index in [-0.39, 0.29) is 27.5 Å². The van der Waals surface area contributed by atoms with Gasteiger partial charge in [0, 0.05) is 16.7 Å². The molecule has 0 radical (unpaired) electrons. The summed E-state index contributed by atoms with van der Waals surface area (Å²) < 4.78 is 29.6. The maximum Gasteiger partial charge on any atom is 0.237 e. The Bertz CT molecular complexity index is 982. The zero-order valence-corrected chi connectivity index (χ0v) is 14.3. The molecule has 0 saturated carbocycles. The summed E-state index contributed by atoms with van der Waals surface area (Å²) in [6, 6.07) is 3.36. The van der Waals surface area contributed by atoms with Gasteiger partial charge in [-0.05, 0) is 44.0 Å². The first kappa shape index (κ1) is 16.0. The smallest absolute Gasteiger partial charge is 0.237 e. The first-order valence-electron chi connectivity index (χ1n) is 6.81. The highest BCUT2D eigenvalue weighted by molar-refractivity contribution is 7.92. The van der Waals surface area contributed by atoms with Crippen LogP contribution in [0.25, 0.3) is 11.3 Å². The van der Waals surface area contributed by atoms with E-state index >= 15 is 0 Å². The van der Waals surface area contributed by atoms with Crippen LogP contribution in [0.15, 0.2) is 21.6 Å². The number of sulfone groups is 1. The molecule has 1 heterocycles. The number of hydrogen-bond donors (Lipinski definition) is 0. The van der Waals surface area contributed by atoms with Crippen LogP contribution in [0.1, 0.15) is 37.4 Å². The molecule has 23 heavy (non-hydrogen) atoms. The Kier molecular flexibility index (Phi) is 3.50. The van der Waals surface area contributed by atoms with Crippen LogP contribution in [0.4, 0.5) is 0 Å². The van der Waals surface area contributed by atoms with E-state index in [2.05, 4.69) is 0 Å². The van der Waals surface area contributed by atoms with Crippen molar-refractivity contribution < 1.29 is 22.4 Å². The molecule has 7 heteroatoms. The molecule has 0 atom stereocenters. The molecule has 1 aromatic heterocycles. The van der Waals surface area contributed by atoms with Crippen molar-refractivity contribution >= 4 is 33.0 Å². The standard InChI is InChI=1S/C16H13ClO5S/c1-7-4-10-11(5-8(7)2)15-12(14(19)13(10)18)9(3)16(22-15)23(20,21)6-17/h4-5H,6H2,1-3H3. The summed E-state index contributed by atoms with van der Waals surface area (Å²) in [5.74, 6) is -1.30. The van der Waals surface area contributed by atoms with Crippen molar-refractivity contribution in [2.75, 3.05) is 5.21 Å². The van der Waals surface area contributed by atoms with Gasteiger partial charge in [-0.2, -0.15) is 0 Å². The zero-order chi connectivity index (χ0) is 17.1. The van der Waals surface area contributed by atoms with E-state index < -0.39 is 26.6 Å². The number of carbonyl (C=O) groups excluding carboxylic acids is 2. The van der Waals surface area contributed by atoms with Crippen LogP contribution >= 0.6 is 11.6 Å². The van der Waals surface area contributed by atoms with Crippen LogP contribution in [0.3, 0.4) is 0 Å². The minimum Gasteiger partial charge on any atom is -0.444 e. The molecule has 2 aromatic rings. The number of alkyl halides is 1. The van der Waals surface area contributed by atoms with Crippen molar-refractivity contribution in [3.05, 3.63) is 39.9 Å². The SMILES string of the molecule is Cc1cc2c(cc1C)-c1oc(S(=O)(=O)CCl)c(C)c1C(=O)C2=O. The monoisotopic (exact) mass is 352 g/mol. The summed E-state index contributed by atoms with van der Waals surface area (Å²) in [6.07, 6.45) is 0. The van der Waals surface area contributed by atoms with Gasteiger partial charge >= 0.3 is 0 Å². The zero-order valence-electron chi connectivity index (χ0n) is 12.7. The van der Waals surface area contributed by atoms with Gasteiger partial charge in [0.15, 0.2) is 0 Å². The van der Waals surface area contributed by atoms with Crippen LogP contribution in [0.5, 0.6) is 0 Å². The lowest BCUT2D eigenvalue weighted by Gasteiger charge is -2.15. The Morgan fingerprint density at radius 1 is 1.00 bits per heavy atom. The van der Waals surface area contributed by atoms with Crippen molar-refractivity contribution in [1.29, 1.82) is 0 Å². The second-order valence-corrected chi connectivity index (χ2v) is 8.06. The van der Waals surface area contributed by atoms with E-state index in [4.69, 9.17) is 16.0 Å². The Labute approximate surface area is 138 Å². The molecule has 1 aromatic carbocycles. The molecule has 1 aliphatic carbocycles. The van der Waals surface area contributed by atoms with E-state index in [1.807, 2.05) is 13.8 Å². The van der Waals surface area contributed by atoms with Crippen LogP contribution in [-0.4, -0.2) is 25.2 Å². The first-order valence-corrected chi connectivity index (χ1v) is 9.00. The second kappa shape index (κ2) is 5.04. The normalized spacial score (nSPS) is 13.9. The number of fused-ring (bicyclic) bond motifs is 3. The quantitative estimate of drug-likeness (QED) is 0.612. The van der Waals surface area contributed by atoms with E-state index in [1.54, 1.807) is 12.1 Å². The molecule has 120 valence electrons. The summed E-state index contributed by atoms with van der Waals surface area (Å²) in [4.78, 5) is 24.7. The maximum absolute atomic E-state index is 12.4. The number of furan rings is 1. The van der Waals surface area contributed by atoms with E-state index in [0.29, 0.717) is 5.56 Å². The molecule has 0 N–H and O–H groups in total. The van der Waals surface area contributed by atoms with Gasteiger partial charge in [0.1, 0.15) is 11.0 Å². The molecule has 3 rings (SSSR count). The van der Waals surface area contributed by atoms with E-state index in [9.17, 15) is 18.0 Å². The van der Waals surface area contributed by atoms with Gasteiger partial charge in [0.05, 0.1) is 5.56 Å². The highest BCUT2D eigenvalue weighted by Gasteiger charge is 2.38. The fraction of sp³-hybridized carbons (Fsp3) is 0.250. The molecule has 0 unspecified atom stereocenters. The van der Waals surface area contributed by atoms with Crippen LogP contribution in [-0.2, 0) is 9.84 Å². The van der Waals surface area contributed by atoms with Crippen molar-refractivity contribution in [1.82, 2.24) is 0 Å². The molecule has 0 amide bonds. The van der Waals surface area contributed by atoms with Gasteiger partial charge in [0.2, 0.25) is 26.5 Å². The Morgan fingerprint density at radius 3 is 2.13 bits per heavy atom. The summed E-state index contributed by atoms with van der Waals surface area (Å²) in [7, 11) is -3.85. The molecular weight excluding hydrogens is 340 g/mol.